The van der Waals surface area contributed by atoms with Gasteiger partial charge in [0.25, 0.3) is 0 Å². The molecule has 0 aromatic carbocycles. The molecule has 0 radical (unpaired) electrons. The summed E-state index contributed by atoms with van der Waals surface area (Å²) in [6.45, 7) is 1.40. The van der Waals surface area contributed by atoms with E-state index in [4.69, 9.17) is 10.5 Å². The lowest BCUT2D eigenvalue weighted by molar-refractivity contribution is -0.121. The van der Waals surface area contributed by atoms with Gasteiger partial charge in [0.15, 0.2) is 0 Å². The van der Waals surface area contributed by atoms with Crippen molar-refractivity contribution in [2.24, 2.45) is 0 Å². The van der Waals surface area contributed by atoms with Crippen LogP contribution < -0.4 is 11.1 Å². The normalized spacial score (nSPS) is 19.4. The fourth-order valence-electron chi connectivity index (χ4n) is 1.96. The summed E-state index contributed by atoms with van der Waals surface area (Å²) in [5.41, 5.74) is 6.87. The number of hydrogen-bond donors (Lipinski definition) is 2. The van der Waals surface area contributed by atoms with E-state index in [0.717, 1.165) is 25.1 Å². The predicted molar refractivity (Wildman–Crippen MR) is 69.0 cm³/mol. The number of hydrogen-bond acceptors (Lipinski definition) is 4. The quantitative estimate of drug-likeness (QED) is 0.831. The zero-order valence-corrected chi connectivity index (χ0v) is 10.4. The van der Waals surface area contributed by atoms with Crippen molar-refractivity contribution in [3.8, 4) is 0 Å². The van der Waals surface area contributed by atoms with Crippen molar-refractivity contribution in [2.45, 2.75) is 31.8 Å². The minimum atomic E-state index is -0.0264. The van der Waals surface area contributed by atoms with Crippen molar-refractivity contribution in [1.29, 1.82) is 0 Å². The van der Waals surface area contributed by atoms with Crippen LogP contribution in [-0.2, 0) is 16.0 Å². The van der Waals surface area contributed by atoms with E-state index in [2.05, 4.69) is 10.3 Å². The van der Waals surface area contributed by atoms with E-state index in [-0.39, 0.29) is 18.4 Å². The molecule has 5 nitrogen and oxygen atoms in total. The summed E-state index contributed by atoms with van der Waals surface area (Å²) in [6, 6.07) is 3.52. The van der Waals surface area contributed by atoms with E-state index in [1.807, 2.05) is 0 Å². The first-order valence-corrected chi connectivity index (χ1v) is 6.33. The first-order valence-electron chi connectivity index (χ1n) is 6.33. The maximum absolute atomic E-state index is 11.7. The van der Waals surface area contributed by atoms with Gasteiger partial charge < -0.3 is 15.8 Å². The zero-order valence-electron chi connectivity index (χ0n) is 10.4. The zero-order chi connectivity index (χ0) is 12.8. The number of anilines is 1. The molecule has 1 aromatic heterocycles. The number of nitrogen functional groups attached to an aromatic ring is 1. The Morgan fingerprint density at radius 2 is 2.39 bits per heavy atom. The van der Waals surface area contributed by atoms with Crippen LogP contribution >= 0.6 is 0 Å². The summed E-state index contributed by atoms with van der Waals surface area (Å²) in [5.74, 6) is -0.0264. The van der Waals surface area contributed by atoms with Gasteiger partial charge in [0, 0.05) is 18.8 Å². The van der Waals surface area contributed by atoms with Gasteiger partial charge in [-0.25, -0.2) is 0 Å². The highest BCUT2D eigenvalue weighted by Crippen LogP contribution is 2.11. The molecule has 5 heteroatoms. The predicted octanol–water partition coefficient (Wildman–Crippen LogP) is 0.892. The van der Waals surface area contributed by atoms with E-state index in [9.17, 15) is 4.79 Å². The summed E-state index contributed by atoms with van der Waals surface area (Å²) >= 11 is 0. The van der Waals surface area contributed by atoms with Crippen molar-refractivity contribution in [1.82, 2.24) is 10.3 Å². The molecular formula is C13H19N3O2. The Balaban J connectivity index is 1.73. The van der Waals surface area contributed by atoms with Gasteiger partial charge in [-0.1, -0.05) is 0 Å². The van der Waals surface area contributed by atoms with E-state index in [0.29, 0.717) is 12.2 Å². The molecule has 1 amide bonds. The lowest BCUT2D eigenvalue weighted by Crippen LogP contribution is -2.36. The van der Waals surface area contributed by atoms with Gasteiger partial charge in [0.1, 0.15) is 0 Å². The molecule has 0 saturated carbocycles. The monoisotopic (exact) mass is 249 g/mol. The van der Waals surface area contributed by atoms with Crippen LogP contribution in [-0.4, -0.2) is 30.1 Å². The first kappa shape index (κ1) is 12.8. The van der Waals surface area contributed by atoms with Crippen LogP contribution in [0.4, 0.5) is 5.69 Å². The van der Waals surface area contributed by atoms with E-state index in [1.165, 1.54) is 6.42 Å². The molecule has 3 N–H and O–H groups in total. The Morgan fingerprint density at radius 1 is 1.50 bits per heavy atom. The highest BCUT2D eigenvalue weighted by Gasteiger charge is 2.14. The summed E-state index contributed by atoms with van der Waals surface area (Å²) in [6.07, 6.45) is 5.35. The van der Waals surface area contributed by atoms with Crippen LogP contribution in [0.25, 0.3) is 0 Å². The molecule has 0 spiro atoms. The van der Waals surface area contributed by atoms with Crippen LogP contribution in [0.3, 0.4) is 0 Å². The third-order valence-corrected chi connectivity index (χ3v) is 2.99. The number of amides is 1. The number of nitrogens with zero attached hydrogens (tertiary/aromatic N) is 1. The fraction of sp³-hybridized carbons (Fsp3) is 0.538. The Kier molecular flexibility index (Phi) is 4.52. The number of rotatable bonds is 4. The van der Waals surface area contributed by atoms with Gasteiger partial charge in [-0.3, -0.25) is 9.78 Å². The van der Waals surface area contributed by atoms with E-state index in [1.54, 1.807) is 18.3 Å². The number of nitrogens with two attached hydrogens (primary N) is 1. The first-order chi connectivity index (χ1) is 8.74. The molecular weight excluding hydrogens is 230 g/mol. The van der Waals surface area contributed by atoms with Crippen LogP contribution in [0.1, 0.15) is 25.0 Å². The van der Waals surface area contributed by atoms with Gasteiger partial charge in [-0.2, -0.15) is 0 Å². The lowest BCUT2D eigenvalue weighted by atomic mass is 10.1. The molecule has 0 bridgehead atoms. The second-order valence-electron chi connectivity index (χ2n) is 4.55. The van der Waals surface area contributed by atoms with Crippen molar-refractivity contribution < 1.29 is 9.53 Å². The topological polar surface area (TPSA) is 77.2 Å². The minimum Gasteiger partial charge on any atom is -0.397 e. The Hall–Kier alpha value is -1.62. The molecule has 1 aromatic rings. The number of carbonyl (C=O) groups is 1. The summed E-state index contributed by atoms with van der Waals surface area (Å²) < 4.78 is 5.55. The van der Waals surface area contributed by atoms with Gasteiger partial charge in [-0.05, 0) is 31.4 Å². The maximum atomic E-state index is 11.7. The number of pyridine rings is 1. The minimum absolute atomic E-state index is 0.0264. The second kappa shape index (κ2) is 6.35. The third-order valence-electron chi connectivity index (χ3n) is 2.99. The molecule has 1 saturated heterocycles. The molecule has 1 unspecified atom stereocenters. The SMILES string of the molecule is Nc1ccc(CC(=O)NCC2CCCCO2)nc1. The van der Waals surface area contributed by atoms with Crippen LogP contribution in [0, 0.1) is 0 Å². The number of aromatic nitrogens is 1. The Bertz CT molecular complexity index is 386. The van der Waals surface area contributed by atoms with Crippen molar-refractivity contribution >= 4 is 11.6 Å². The standard InChI is InChI=1S/C13H19N3O2/c14-10-4-5-11(15-8-10)7-13(17)16-9-12-3-1-2-6-18-12/h4-5,8,12H,1-3,6-7,9,14H2,(H,16,17). The molecule has 1 fully saturated rings. The van der Waals surface area contributed by atoms with Crippen molar-refractivity contribution in [3.05, 3.63) is 24.0 Å². The number of ether oxygens (including phenoxy) is 1. The summed E-state index contributed by atoms with van der Waals surface area (Å²) in [7, 11) is 0. The maximum Gasteiger partial charge on any atom is 0.226 e. The molecule has 98 valence electrons. The fourth-order valence-corrected chi connectivity index (χ4v) is 1.96. The summed E-state index contributed by atoms with van der Waals surface area (Å²) in [4.78, 5) is 15.8. The molecule has 1 aliphatic heterocycles. The van der Waals surface area contributed by atoms with Crippen LogP contribution in [0.15, 0.2) is 18.3 Å². The van der Waals surface area contributed by atoms with Gasteiger partial charge >= 0.3 is 0 Å². The van der Waals surface area contributed by atoms with Crippen LogP contribution in [0.5, 0.6) is 0 Å². The number of carbonyl (C=O) groups excluding carboxylic acids is 1. The third kappa shape index (κ3) is 4.00. The molecule has 2 rings (SSSR count). The molecule has 0 aliphatic carbocycles. The van der Waals surface area contributed by atoms with Gasteiger partial charge in [0.05, 0.1) is 24.4 Å². The molecule has 18 heavy (non-hydrogen) atoms. The van der Waals surface area contributed by atoms with Gasteiger partial charge in [-0.15, -0.1) is 0 Å². The van der Waals surface area contributed by atoms with Crippen molar-refractivity contribution in [2.75, 3.05) is 18.9 Å². The van der Waals surface area contributed by atoms with Crippen LogP contribution in [0.2, 0.25) is 0 Å². The Labute approximate surface area is 107 Å². The van der Waals surface area contributed by atoms with Gasteiger partial charge in [0.2, 0.25) is 5.91 Å². The molecule has 2 heterocycles. The molecule has 1 atom stereocenters. The van der Waals surface area contributed by atoms with E-state index < -0.39 is 0 Å². The van der Waals surface area contributed by atoms with E-state index >= 15 is 0 Å². The largest absolute Gasteiger partial charge is 0.397 e. The highest BCUT2D eigenvalue weighted by molar-refractivity contribution is 5.78. The molecule has 1 aliphatic rings. The summed E-state index contributed by atoms with van der Waals surface area (Å²) in [5, 5.41) is 2.88. The second-order valence-corrected chi connectivity index (χ2v) is 4.55. The lowest BCUT2D eigenvalue weighted by Gasteiger charge is -2.22. The average Bonchev–Trinajstić information content (AvgIpc) is 2.40. The number of nitrogens with one attached hydrogen (secondary N) is 1. The van der Waals surface area contributed by atoms with Crippen molar-refractivity contribution in [3.63, 3.8) is 0 Å². The average molecular weight is 249 g/mol. The highest BCUT2D eigenvalue weighted by atomic mass is 16.5. The Morgan fingerprint density at radius 3 is 3.06 bits per heavy atom. The smallest absolute Gasteiger partial charge is 0.226 e.